The lowest BCUT2D eigenvalue weighted by Gasteiger charge is -2.19. The number of thiophene rings is 1. The molecule has 0 atom stereocenters. The first-order valence-corrected chi connectivity index (χ1v) is 8.24. The maximum absolute atomic E-state index is 12.2. The van der Waals surface area contributed by atoms with Gasteiger partial charge in [0.1, 0.15) is 0 Å². The smallest absolute Gasteiger partial charge is 0.222 e. The van der Waals surface area contributed by atoms with Gasteiger partial charge in [-0.2, -0.15) is 0 Å². The van der Waals surface area contributed by atoms with Crippen LogP contribution in [0.1, 0.15) is 36.0 Å². The summed E-state index contributed by atoms with van der Waals surface area (Å²) in [7, 11) is 0. The fraction of sp³-hybridized carbons (Fsp3) is 0.500. The molecule has 0 radical (unpaired) electrons. The summed E-state index contributed by atoms with van der Waals surface area (Å²) in [4.78, 5) is 25.7. The number of carbonyl (C=O) groups excluding carboxylic acids is 2. The van der Waals surface area contributed by atoms with Crippen LogP contribution in [0.25, 0.3) is 0 Å². The number of halogens is 2. The molecule has 3 nitrogen and oxygen atoms in total. The van der Waals surface area contributed by atoms with E-state index in [1.54, 1.807) is 11.0 Å². The zero-order chi connectivity index (χ0) is 13.1. The van der Waals surface area contributed by atoms with Gasteiger partial charge in [0.25, 0.3) is 0 Å². The molecule has 0 saturated carbocycles. The Labute approximate surface area is 127 Å². The zero-order valence-corrected chi connectivity index (χ0v) is 13.7. The van der Waals surface area contributed by atoms with Gasteiger partial charge in [-0.15, -0.1) is 11.3 Å². The Morgan fingerprint density at radius 1 is 1.33 bits per heavy atom. The number of rotatable bonds is 3. The molecular formula is C12H13Br2NO2S. The lowest BCUT2D eigenvalue weighted by molar-refractivity contribution is -0.130. The molecule has 0 unspecified atom stereocenters. The average Bonchev–Trinajstić information content (AvgIpc) is 2.52. The number of ketones is 1. The zero-order valence-electron chi connectivity index (χ0n) is 9.75. The van der Waals surface area contributed by atoms with E-state index in [4.69, 9.17) is 0 Å². The van der Waals surface area contributed by atoms with Crippen LogP contribution in [-0.4, -0.2) is 29.7 Å². The summed E-state index contributed by atoms with van der Waals surface area (Å²) in [6.07, 6.45) is 3.58. The van der Waals surface area contributed by atoms with Gasteiger partial charge in [0.15, 0.2) is 5.78 Å². The third-order valence-electron chi connectivity index (χ3n) is 2.96. The van der Waals surface area contributed by atoms with Gasteiger partial charge in [0, 0.05) is 18.5 Å². The van der Waals surface area contributed by atoms with E-state index >= 15 is 0 Å². The molecule has 0 aromatic carbocycles. The fourth-order valence-corrected chi connectivity index (χ4v) is 4.85. The van der Waals surface area contributed by atoms with Gasteiger partial charge in [-0.05, 0) is 50.8 Å². The summed E-state index contributed by atoms with van der Waals surface area (Å²) in [5.41, 5.74) is 0.656. The Balaban J connectivity index is 2.06. The summed E-state index contributed by atoms with van der Waals surface area (Å²) < 4.78 is 1.74. The fourth-order valence-electron chi connectivity index (χ4n) is 1.99. The summed E-state index contributed by atoms with van der Waals surface area (Å²) in [6, 6.07) is 1.80. The highest BCUT2D eigenvalue weighted by Gasteiger charge is 2.21. The Morgan fingerprint density at radius 2 is 2.11 bits per heavy atom. The van der Waals surface area contributed by atoms with Crippen molar-refractivity contribution in [3.8, 4) is 0 Å². The molecule has 0 N–H and O–H groups in total. The quantitative estimate of drug-likeness (QED) is 0.730. The Hall–Kier alpha value is -0.200. The van der Waals surface area contributed by atoms with Crippen molar-refractivity contribution < 1.29 is 9.59 Å². The van der Waals surface area contributed by atoms with Crippen LogP contribution in [-0.2, 0) is 4.79 Å². The number of hydrogen-bond acceptors (Lipinski definition) is 3. The third-order valence-corrected chi connectivity index (χ3v) is 5.30. The molecule has 1 fully saturated rings. The molecule has 6 heteroatoms. The SMILES string of the molecule is O=C(CN1CCCCCC1=O)c1cc(Br)sc1Br. The van der Waals surface area contributed by atoms with Crippen LogP contribution in [0.3, 0.4) is 0 Å². The maximum Gasteiger partial charge on any atom is 0.222 e. The van der Waals surface area contributed by atoms with Crippen molar-refractivity contribution in [3.63, 3.8) is 0 Å². The van der Waals surface area contributed by atoms with Gasteiger partial charge in [-0.3, -0.25) is 9.59 Å². The minimum Gasteiger partial charge on any atom is -0.335 e. The second kappa shape index (κ2) is 6.30. The topological polar surface area (TPSA) is 37.4 Å². The molecule has 0 spiro atoms. The van der Waals surface area contributed by atoms with Crippen LogP contribution in [0.2, 0.25) is 0 Å². The van der Waals surface area contributed by atoms with E-state index in [0.717, 1.165) is 26.8 Å². The van der Waals surface area contributed by atoms with Crippen LogP contribution >= 0.6 is 43.2 Å². The first-order chi connectivity index (χ1) is 8.58. The number of amides is 1. The highest BCUT2D eigenvalue weighted by atomic mass is 79.9. The minimum atomic E-state index is -0.000856. The van der Waals surface area contributed by atoms with Crippen molar-refractivity contribution in [2.75, 3.05) is 13.1 Å². The molecule has 18 heavy (non-hydrogen) atoms. The molecule has 2 rings (SSSR count). The van der Waals surface area contributed by atoms with E-state index in [0.29, 0.717) is 18.5 Å². The molecule has 2 heterocycles. The molecular weight excluding hydrogens is 382 g/mol. The number of carbonyl (C=O) groups is 2. The Bertz CT molecular complexity index is 473. The second-order valence-corrected chi connectivity index (χ2v) is 8.04. The van der Waals surface area contributed by atoms with Crippen molar-refractivity contribution >= 4 is 54.9 Å². The summed E-state index contributed by atoms with van der Waals surface area (Å²) >= 11 is 8.21. The molecule has 0 bridgehead atoms. The van der Waals surface area contributed by atoms with E-state index in [1.165, 1.54) is 11.3 Å². The lowest BCUT2D eigenvalue weighted by Crippen LogP contribution is -2.35. The van der Waals surface area contributed by atoms with Crippen molar-refractivity contribution in [1.82, 2.24) is 4.90 Å². The molecule has 1 amide bonds. The maximum atomic E-state index is 12.2. The average molecular weight is 395 g/mol. The molecule has 1 aromatic heterocycles. The van der Waals surface area contributed by atoms with Crippen LogP contribution in [0.15, 0.2) is 13.6 Å². The number of likely N-dealkylation sites (tertiary alicyclic amines) is 1. The van der Waals surface area contributed by atoms with Gasteiger partial charge in [0.05, 0.1) is 14.1 Å². The molecule has 1 aliphatic heterocycles. The predicted molar refractivity (Wildman–Crippen MR) is 79.1 cm³/mol. The van der Waals surface area contributed by atoms with Gasteiger partial charge in [-0.1, -0.05) is 6.42 Å². The first-order valence-electron chi connectivity index (χ1n) is 5.83. The lowest BCUT2D eigenvalue weighted by atomic mass is 10.2. The standard InChI is InChI=1S/C12H13Br2NO2S/c13-10-6-8(12(14)18-10)9(16)7-15-5-3-1-2-4-11(15)17/h6H,1-5,7H2. The predicted octanol–water partition coefficient (Wildman–Crippen LogP) is 3.86. The molecule has 1 aromatic rings. The highest BCUT2D eigenvalue weighted by molar-refractivity contribution is 9.12. The highest BCUT2D eigenvalue weighted by Crippen LogP contribution is 2.32. The van der Waals surface area contributed by atoms with Crippen LogP contribution in [0.4, 0.5) is 0 Å². The number of hydrogen-bond donors (Lipinski definition) is 0. The summed E-state index contributed by atoms with van der Waals surface area (Å²) in [5, 5.41) is 0. The van der Waals surface area contributed by atoms with Gasteiger partial charge in [-0.25, -0.2) is 0 Å². The monoisotopic (exact) mass is 393 g/mol. The van der Waals surface area contributed by atoms with Crippen molar-refractivity contribution in [1.29, 1.82) is 0 Å². The van der Waals surface area contributed by atoms with Crippen molar-refractivity contribution in [2.24, 2.45) is 0 Å². The van der Waals surface area contributed by atoms with Crippen LogP contribution < -0.4 is 0 Å². The Morgan fingerprint density at radius 3 is 2.78 bits per heavy atom. The largest absolute Gasteiger partial charge is 0.335 e. The van der Waals surface area contributed by atoms with E-state index in [2.05, 4.69) is 31.9 Å². The van der Waals surface area contributed by atoms with E-state index in [9.17, 15) is 9.59 Å². The normalized spacial score (nSPS) is 16.8. The van der Waals surface area contributed by atoms with E-state index in [-0.39, 0.29) is 18.2 Å². The molecule has 98 valence electrons. The van der Waals surface area contributed by atoms with Gasteiger partial charge in [0.2, 0.25) is 5.91 Å². The van der Waals surface area contributed by atoms with E-state index < -0.39 is 0 Å². The van der Waals surface area contributed by atoms with Crippen molar-refractivity contribution in [2.45, 2.75) is 25.7 Å². The molecule has 0 aliphatic carbocycles. The van der Waals surface area contributed by atoms with Gasteiger partial charge < -0.3 is 4.90 Å². The first kappa shape index (κ1) is 14.2. The van der Waals surface area contributed by atoms with Crippen molar-refractivity contribution in [3.05, 3.63) is 19.2 Å². The molecule has 1 aliphatic rings. The summed E-state index contributed by atoms with van der Waals surface area (Å²) in [5.74, 6) is 0.102. The summed E-state index contributed by atoms with van der Waals surface area (Å²) in [6.45, 7) is 0.897. The second-order valence-electron chi connectivity index (χ2n) is 4.29. The number of Topliss-reactive ketones (excluding diaryl/α,β-unsaturated/α-hetero) is 1. The van der Waals surface area contributed by atoms with Gasteiger partial charge >= 0.3 is 0 Å². The Kier molecular flexibility index (Phi) is 4.98. The number of nitrogens with zero attached hydrogens (tertiary/aromatic N) is 1. The minimum absolute atomic E-state index is 0.000856. The molecule has 1 saturated heterocycles. The van der Waals surface area contributed by atoms with E-state index in [1.807, 2.05) is 0 Å². The van der Waals surface area contributed by atoms with Crippen LogP contribution in [0, 0.1) is 0 Å². The third kappa shape index (κ3) is 3.42. The van der Waals surface area contributed by atoms with Crippen LogP contribution in [0.5, 0.6) is 0 Å².